The molecule has 5 nitrogen and oxygen atoms in total. The predicted molar refractivity (Wildman–Crippen MR) is 210 cm³/mol. The Morgan fingerprint density at radius 3 is 1.70 bits per heavy atom. The van der Waals surface area contributed by atoms with Crippen LogP contribution in [-0.4, -0.2) is 19.9 Å². The van der Waals surface area contributed by atoms with Crippen molar-refractivity contribution in [1.82, 2.24) is 19.9 Å². The minimum Gasteiger partial charge on any atom is -0.457 e. The van der Waals surface area contributed by atoms with Crippen LogP contribution >= 0.6 is 0 Å². The summed E-state index contributed by atoms with van der Waals surface area (Å²) in [7, 11) is 0. The average molecular weight is 683 g/mol. The monoisotopic (exact) mass is 682 g/mol. The van der Waals surface area contributed by atoms with Crippen LogP contribution in [0.1, 0.15) is 47.2 Å². The van der Waals surface area contributed by atoms with Crippen molar-refractivity contribution < 1.29 is 4.74 Å². The summed E-state index contributed by atoms with van der Waals surface area (Å²) in [5.41, 5.74) is 11.2. The van der Waals surface area contributed by atoms with Crippen molar-refractivity contribution in [3.05, 3.63) is 203 Å². The molecule has 5 heteroatoms. The Labute approximate surface area is 308 Å². The van der Waals surface area contributed by atoms with E-state index in [0.29, 0.717) is 23.2 Å². The van der Waals surface area contributed by atoms with Gasteiger partial charge in [-0.05, 0) is 63.7 Å². The molecule has 1 aliphatic carbocycles. The third-order valence-corrected chi connectivity index (χ3v) is 10.9. The first-order valence-corrected chi connectivity index (χ1v) is 18.0. The fourth-order valence-corrected chi connectivity index (χ4v) is 8.53. The number of pyridine rings is 1. The van der Waals surface area contributed by atoms with Gasteiger partial charge in [0.1, 0.15) is 17.2 Å². The highest BCUT2D eigenvalue weighted by molar-refractivity contribution is 5.84. The minimum atomic E-state index is -0.568. The molecule has 0 fully saturated rings. The average Bonchev–Trinajstić information content (AvgIpc) is 3.23. The van der Waals surface area contributed by atoms with Gasteiger partial charge in [-0.3, -0.25) is 4.98 Å². The van der Waals surface area contributed by atoms with Crippen molar-refractivity contribution in [2.45, 2.75) is 24.7 Å². The second-order valence-electron chi connectivity index (χ2n) is 14.2. The van der Waals surface area contributed by atoms with Crippen LogP contribution in [0.25, 0.3) is 45.4 Å². The molecule has 0 saturated carbocycles. The number of nitrogens with zero attached hydrogens (tertiary/aromatic N) is 4. The molecule has 0 unspecified atom stereocenters. The third kappa shape index (κ3) is 4.70. The summed E-state index contributed by atoms with van der Waals surface area (Å²) in [5.74, 6) is 3.50. The van der Waals surface area contributed by atoms with Gasteiger partial charge in [-0.1, -0.05) is 147 Å². The van der Waals surface area contributed by atoms with E-state index in [1.165, 1.54) is 22.3 Å². The molecule has 1 spiro atoms. The molecule has 0 radical (unpaired) electrons. The molecule has 8 aromatic rings. The van der Waals surface area contributed by atoms with Crippen LogP contribution in [0.4, 0.5) is 0 Å². The van der Waals surface area contributed by atoms with Crippen molar-refractivity contribution >= 4 is 0 Å². The van der Waals surface area contributed by atoms with Crippen LogP contribution in [0, 0.1) is 0 Å². The van der Waals surface area contributed by atoms with Crippen molar-refractivity contribution in [3.8, 4) is 56.9 Å². The fourth-order valence-electron chi connectivity index (χ4n) is 8.53. The zero-order chi connectivity index (χ0) is 35.6. The lowest BCUT2D eigenvalue weighted by Crippen LogP contribution is -2.43. The highest BCUT2D eigenvalue weighted by Gasteiger charge is 2.52. The Kier molecular flexibility index (Phi) is 6.99. The molecule has 2 aromatic heterocycles. The Morgan fingerprint density at radius 2 is 0.981 bits per heavy atom. The van der Waals surface area contributed by atoms with Crippen LogP contribution in [0.2, 0.25) is 0 Å². The summed E-state index contributed by atoms with van der Waals surface area (Å²) in [6, 6.07) is 57.2. The van der Waals surface area contributed by atoms with E-state index in [2.05, 4.69) is 134 Å². The molecule has 53 heavy (non-hydrogen) atoms. The molecule has 252 valence electrons. The van der Waals surface area contributed by atoms with Crippen molar-refractivity contribution in [2.24, 2.45) is 0 Å². The molecule has 6 aromatic carbocycles. The summed E-state index contributed by atoms with van der Waals surface area (Å²) >= 11 is 0. The number of fused-ring (bicyclic) bond motifs is 8. The first kappa shape index (κ1) is 31.1. The first-order chi connectivity index (χ1) is 26.0. The van der Waals surface area contributed by atoms with Gasteiger partial charge in [-0.2, -0.15) is 0 Å². The normalized spacial score (nSPS) is 14.3. The third-order valence-electron chi connectivity index (χ3n) is 10.9. The van der Waals surface area contributed by atoms with Gasteiger partial charge in [0, 0.05) is 33.9 Å². The van der Waals surface area contributed by atoms with E-state index in [4.69, 9.17) is 19.7 Å². The Bertz CT molecular complexity index is 2580. The number of para-hydroxylation sites is 2. The zero-order valence-electron chi connectivity index (χ0n) is 29.4. The largest absolute Gasteiger partial charge is 0.457 e. The molecule has 0 amide bonds. The molecule has 2 aliphatic rings. The Morgan fingerprint density at radius 1 is 0.415 bits per heavy atom. The van der Waals surface area contributed by atoms with Crippen LogP contribution in [0.3, 0.4) is 0 Å². The fraction of sp³-hybridized carbons (Fsp3) is 0.0833. The highest BCUT2D eigenvalue weighted by Crippen LogP contribution is 2.61. The number of benzene rings is 6. The SMILES string of the molecule is CC1(C)c2ccccc2C2(c3ccccc3Oc3ccccc32)c2ccc(-c3ccccc3-c3nc(-c4ccccc4)nc(-c4ccccn4)n3)cc21. The number of aromatic nitrogens is 4. The lowest BCUT2D eigenvalue weighted by atomic mass is 9.53. The number of rotatable bonds is 4. The van der Waals surface area contributed by atoms with Crippen molar-refractivity contribution in [1.29, 1.82) is 0 Å². The van der Waals surface area contributed by atoms with Crippen molar-refractivity contribution in [2.75, 3.05) is 0 Å². The number of hydrogen-bond acceptors (Lipinski definition) is 5. The summed E-state index contributed by atoms with van der Waals surface area (Å²) in [5, 5.41) is 0. The highest BCUT2D eigenvalue weighted by atomic mass is 16.5. The van der Waals surface area contributed by atoms with E-state index < -0.39 is 5.41 Å². The topological polar surface area (TPSA) is 60.8 Å². The van der Waals surface area contributed by atoms with Crippen LogP contribution in [-0.2, 0) is 10.8 Å². The maximum absolute atomic E-state index is 6.60. The van der Waals surface area contributed by atoms with Crippen LogP contribution < -0.4 is 4.74 Å². The molecule has 3 heterocycles. The Balaban J connectivity index is 1.22. The van der Waals surface area contributed by atoms with E-state index in [1.54, 1.807) is 6.20 Å². The molecule has 1 aliphatic heterocycles. The van der Waals surface area contributed by atoms with Gasteiger partial charge in [-0.15, -0.1) is 0 Å². The van der Waals surface area contributed by atoms with Gasteiger partial charge in [0.05, 0.1) is 5.41 Å². The summed E-state index contributed by atoms with van der Waals surface area (Å²) < 4.78 is 6.60. The van der Waals surface area contributed by atoms with Crippen LogP contribution in [0.15, 0.2) is 170 Å². The van der Waals surface area contributed by atoms with E-state index >= 15 is 0 Å². The molecule has 10 rings (SSSR count). The van der Waals surface area contributed by atoms with E-state index in [9.17, 15) is 0 Å². The second kappa shape index (κ2) is 11.9. The lowest BCUT2D eigenvalue weighted by molar-refractivity contribution is 0.425. The molecule has 0 saturated heterocycles. The van der Waals surface area contributed by atoms with Gasteiger partial charge < -0.3 is 4.74 Å². The first-order valence-electron chi connectivity index (χ1n) is 18.0. The molecular weight excluding hydrogens is 649 g/mol. The van der Waals surface area contributed by atoms with Crippen LogP contribution in [0.5, 0.6) is 11.5 Å². The lowest BCUT2D eigenvalue weighted by Gasteiger charge is -2.50. The maximum atomic E-state index is 6.60. The number of hydrogen-bond donors (Lipinski definition) is 0. The maximum Gasteiger partial charge on any atom is 0.182 e. The quantitative estimate of drug-likeness (QED) is 0.185. The predicted octanol–water partition coefficient (Wildman–Crippen LogP) is 11.1. The summed E-state index contributed by atoms with van der Waals surface area (Å²) in [6.45, 7) is 4.70. The zero-order valence-corrected chi connectivity index (χ0v) is 29.4. The van der Waals surface area contributed by atoms with Gasteiger partial charge in [0.15, 0.2) is 17.5 Å². The van der Waals surface area contributed by atoms with Gasteiger partial charge in [-0.25, -0.2) is 15.0 Å². The summed E-state index contributed by atoms with van der Waals surface area (Å²) in [4.78, 5) is 19.6. The molecule has 0 N–H and O–H groups in total. The van der Waals surface area contributed by atoms with E-state index in [1.807, 2.05) is 48.5 Å². The number of ether oxygens (including phenoxy) is 1. The molecule has 0 atom stereocenters. The second-order valence-corrected chi connectivity index (χ2v) is 14.2. The van der Waals surface area contributed by atoms with Gasteiger partial charge >= 0.3 is 0 Å². The summed E-state index contributed by atoms with van der Waals surface area (Å²) in [6.07, 6.45) is 1.77. The van der Waals surface area contributed by atoms with Gasteiger partial charge in [0.2, 0.25) is 0 Å². The Hall–Kier alpha value is -6.72. The van der Waals surface area contributed by atoms with E-state index in [-0.39, 0.29) is 5.41 Å². The van der Waals surface area contributed by atoms with Gasteiger partial charge in [0.25, 0.3) is 0 Å². The minimum absolute atomic E-state index is 0.301. The standard InChI is InChI=1S/C48H34N4O/c1-47(2)35-20-8-9-21-36(35)48(38-22-10-12-25-42(38)53-43-26-13-11-23-39(43)48)37-28-27-32(30-40(37)47)33-18-6-7-19-34(33)45-50-44(31-16-4-3-5-17-31)51-46(52-45)41-24-14-15-29-49-41/h3-30H,1-2H3. The van der Waals surface area contributed by atoms with Crippen molar-refractivity contribution in [3.63, 3.8) is 0 Å². The smallest absolute Gasteiger partial charge is 0.182 e. The molecular formula is C48H34N4O. The molecule has 0 bridgehead atoms. The van der Waals surface area contributed by atoms with E-state index in [0.717, 1.165) is 44.9 Å².